The number of phenols is 2. The maximum absolute atomic E-state index is 9.72. The molecule has 1 saturated carbocycles. The van der Waals surface area contributed by atoms with Gasteiger partial charge in [0, 0.05) is 17.6 Å². The number of phenolic OH excluding ortho intramolecular Hbond substituents is 2. The smallest absolute Gasteiger partial charge is 0.161 e. The van der Waals surface area contributed by atoms with Gasteiger partial charge in [0.25, 0.3) is 0 Å². The van der Waals surface area contributed by atoms with Gasteiger partial charge >= 0.3 is 0 Å². The molecule has 94 valence electrons. The monoisotopic (exact) mass is 235 g/mol. The van der Waals surface area contributed by atoms with E-state index >= 15 is 0 Å². The van der Waals surface area contributed by atoms with E-state index in [4.69, 9.17) is 0 Å². The molecule has 0 spiro atoms. The fraction of sp³-hybridized carbons (Fsp3) is 0.571. The summed E-state index contributed by atoms with van der Waals surface area (Å²) in [5, 5.41) is 22.7. The number of para-hydroxylation sites is 1. The topological polar surface area (TPSA) is 52.5 Å². The van der Waals surface area contributed by atoms with Crippen LogP contribution < -0.4 is 5.32 Å². The van der Waals surface area contributed by atoms with E-state index in [1.54, 1.807) is 6.07 Å². The van der Waals surface area contributed by atoms with E-state index in [-0.39, 0.29) is 17.0 Å². The van der Waals surface area contributed by atoms with E-state index in [1.165, 1.54) is 38.2 Å². The van der Waals surface area contributed by atoms with Gasteiger partial charge in [-0.15, -0.1) is 0 Å². The first-order valence-electron chi connectivity index (χ1n) is 6.36. The van der Waals surface area contributed by atoms with E-state index in [1.807, 2.05) is 6.07 Å². The Morgan fingerprint density at radius 2 is 1.88 bits per heavy atom. The van der Waals surface area contributed by atoms with E-state index in [0.717, 1.165) is 5.56 Å². The zero-order valence-corrected chi connectivity index (χ0v) is 10.4. The highest BCUT2D eigenvalue weighted by molar-refractivity contribution is 5.44. The zero-order chi connectivity index (χ0) is 12.3. The maximum Gasteiger partial charge on any atom is 0.161 e. The molecule has 0 heterocycles. The van der Waals surface area contributed by atoms with Crippen molar-refractivity contribution in [2.45, 2.75) is 51.1 Å². The van der Waals surface area contributed by atoms with Crippen molar-refractivity contribution in [1.29, 1.82) is 0 Å². The lowest BCUT2D eigenvalue weighted by Crippen LogP contribution is -2.43. The standard InChI is InChI=1S/C14H21NO2/c1-14(8-3-2-4-9-14)15-10-11-6-5-7-12(16)13(11)17/h5-7,15-17H,2-4,8-10H2,1H3. The van der Waals surface area contributed by atoms with Crippen LogP contribution >= 0.6 is 0 Å². The molecule has 1 aliphatic carbocycles. The summed E-state index contributed by atoms with van der Waals surface area (Å²) in [5.74, 6) is -0.0440. The molecule has 2 rings (SSSR count). The minimum Gasteiger partial charge on any atom is -0.504 e. The van der Waals surface area contributed by atoms with Crippen LogP contribution in [0.1, 0.15) is 44.6 Å². The number of nitrogens with one attached hydrogen (secondary N) is 1. The zero-order valence-electron chi connectivity index (χ0n) is 10.4. The summed E-state index contributed by atoms with van der Waals surface area (Å²) in [4.78, 5) is 0. The molecule has 3 nitrogen and oxygen atoms in total. The Kier molecular flexibility index (Phi) is 3.57. The highest BCUT2D eigenvalue weighted by atomic mass is 16.3. The first-order valence-corrected chi connectivity index (χ1v) is 6.36. The molecule has 1 aliphatic rings. The van der Waals surface area contributed by atoms with Gasteiger partial charge in [0.15, 0.2) is 11.5 Å². The highest BCUT2D eigenvalue weighted by Gasteiger charge is 2.26. The van der Waals surface area contributed by atoms with Crippen molar-refractivity contribution < 1.29 is 10.2 Å². The van der Waals surface area contributed by atoms with E-state index in [9.17, 15) is 10.2 Å². The normalized spacial score (nSPS) is 19.1. The molecule has 0 aliphatic heterocycles. The van der Waals surface area contributed by atoms with Crippen LogP contribution in [-0.2, 0) is 6.54 Å². The number of rotatable bonds is 3. The predicted molar refractivity (Wildman–Crippen MR) is 68.1 cm³/mol. The van der Waals surface area contributed by atoms with Crippen molar-refractivity contribution in [1.82, 2.24) is 5.32 Å². The van der Waals surface area contributed by atoms with Crippen LogP contribution in [0.2, 0.25) is 0 Å². The second-order valence-electron chi connectivity index (χ2n) is 5.26. The van der Waals surface area contributed by atoms with Crippen LogP contribution in [0.5, 0.6) is 11.5 Å². The molecule has 0 atom stereocenters. The van der Waals surface area contributed by atoms with Crippen molar-refractivity contribution in [3.05, 3.63) is 23.8 Å². The molecule has 3 N–H and O–H groups in total. The first-order chi connectivity index (χ1) is 8.11. The summed E-state index contributed by atoms with van der Waals surface area (Å²) in [6.07, 6.45) is 6.25. The van der Waals surface area contributed by atoms with Gasteiger partial charge in [0.1, 0.15) is 0 Å². The number of hydrogen-bond acceptors (Lipinski definition) is 3. The molecule has 3 heteroatoms. The third kappa shape index (κ3) is 2.91. The number of hydrogen-bond donors (Lipinski definition) is 3. The molecule has 0 radical (unpaired) electrons. The number of aromatic hydroxyl groups is 2. The lowest BCUT2D eigenvalue weighted by atomic mass is 9.83. The van der Waals surface area contributed by atoms with Crippen molar-refractivity contribution in [3.63, 3.8) is 0 Å². The summed E-state index contributed by atoms with van der Waals surface area (Å²) in [7, 11) is 0. The quantitative estimate of drug-likeness (QED) is 0.706. The molecule has 1 aromatic rings. The largest absolute Gasteiger partial charge is 0.504 e. The SMILES string of the molecule is CC1(NCc2cccc(O)c2O)CCCCC1. The fourth-order valence-corrected chi connectivity index (χ4v) is 2.54. The molecular weight excluding hydrogens is 214 g/mol. The molecule has 17 heavy (non-hydrogen) atoms. The lowest BCUT2D eigenvalue weighted by Gasteiger charge is -2.35. The van der Waals surface area contributed by atoms with Gasteiger partial charge in [-0.2, -0.15) is 0 Å². The predicted octanol–water partition coefficient (Wildman–Crippen LogP) is 2.91. The molecular formula is C14H21NO2. The van der Waals surface area contributed by atoms with E-state index in [0.29, 0.717) is 6.54 Å². The van der Waals surface area contributed by atoms with Crippen LogP contribution in [0.15, 0.2) is 18.2 Å². The second-order valence-corrected chi connectivity index (χ2v) is 5.26. The Morgan fingerprint density at radius 1 is 1.18 bits per heavy atom. The van der Waals surface area contributed by atoms with Crippen molar-refractivity contribution >= 4 is 0 Å². The molecule has 0 aromatic heterocycles. The summed E-state index contributed by atoms with van der Waals surface area (Å²) in [5.41, 5.74) is 0.938. The average molecular weight is 235 g/mol. The van der Waals surface area contributed by atoms with Gasteiger partial charge in [-0.25, -0.2) is 0 Å². The molecule has 0 unspecified atom stereocenters. The van der Waals surface area contributed by atoms with E-state index in [2.05, 4.69) is 12.2 Å². The van der Waals surface area contributed by atoms with Gasteiger partial charge < -0.3 is 15.5 Å². The van der Waals surface area contributed by atoms with E-state index < -0.39 is 0 Å². The minimum atomic E-state index is -0.0434. The van der Waals surface area contributed by atoms with Crippen molar-refractivity contribution in [2.24, 2.45) is 0 Å². The summed E-state index contributed by atoms with van der Waals surface area (Å²) < 4.78 is 0. The Hall–Kier alpha value is -1.22. The number of benzene rings is 1. The van der Waals surface area contributed by atoms with Gasteiger partial charge in [-0.05, 0) is 25.8 Å². The van der Waals surface area contributed by atoms with Gasteiger partial charge in [-0.1, -0.05) is 31.4 Å². The summed E-state index contributed by atoms with van der Waals surface area (Å²) in [6.45, 7) is 2.85. The molecule has 0 amide bonds. The summed E-state index contributed by atoms with van der Waals surface area (Å²) >= 11 is 0. The van der Waals surface area contributed by atoms with Crippen LogP contribution in [-0.4, -0.2) is 15.8 Å². The summed E-state index contributed by atoms with van der Waals surface area (Å²) in [6, 6.07) is 5.10. The van der Waals surface area contributed by atoms with Crippen molar-refractivity contribution in [3.8, 4) is 11.5 Å². The Labute approximate surface area is 102 Å². The van der Waals surface area contributed by atoms with Crippen molar-refractivity contribution in [2.75, 3.05) is 0 Å². The Balaban J connectivity index is 1.99. The second kappa shape index (κ2) is 4.96. The van der Waals surface area contributed by atoms with Gasteiger partial charge in [0.2, 0.25) is 0 Å². The van der Waals surface area contributed by atoms with Gasteiger partial charge in [-0.3, -0.25) is 0 Å². The first kappa shape index (κ1) is 12.2. The maximum atomic E-state index is 9.72. The molecule has 0 bridgehead atoms. The van der Waals surface area contributed by atoms with Crippen LogP contribution in [0.25, 0.3) is 0 Å². The Morgan fingerprint density at radius 3 is 2.59 bits per heavy atom. The molecule has 0 saturated heterocycles. The lowest BCUT2D eigenvalue weighted by molar-refractivity contribution is 0.251. The minimum absolute atomic E-state index is 0.000547. The molecule has 1 fully saturated rings. The fourth-order valence-electron chi connectivity index (χ4n) is 2.54. The van der Waals surface area contributed by atoms with Gasteiger partial charge in [0.05, 0.1) is 0 Å². The highest BCUT2D eigenvalue weighted by Crippen LogP contribution is 2.31. The van der Waals surface area contributed by atoms with Crippen LogP contribution in [0.4, 0.5) is 0 Å². The third-order valence-corrected chi connectivity index (χ3v) is 3.76. The van der Waals surface area contributed by atoms with Crippen LogP contribution in [0, 0.1) is 0 Å². The third-order valence-electron chi connectivity index (χ3n) is 3.76. The van der Waals surface area contributed by atoms with Crippen LogP contribution in [0.3, 0.4) is 0 Å². The average Bonchev–Trinajstić information content (AvgIpc) is 2.32. The molecule has 1 aromatic carbocycles. The Bertz CT molecular complexity index is 384.